The van der Waals surface area contributed by atoms with Gasteiger partial charge in [0, 0.05) is 11.6 Å². The molecule has 0 radical (unpaired) electrons. The summed E-state index contributed by atoms with van der Waals surface area (Å²) in [5.74, 6) is 5.73. The van der Waals surface area contributed by atoms with Crippen LogP contribution < -0.4 is 4.72 Å². The zero-order chi connectivity index (χ0) is 15.5. The fraction of sp³-hybridized carbons (Fsp3) is 0.467. The van der Waals surface area contributed by atoms with Crippen LogP contribution in [0.1, 0.15) is 31.7 Å². The lowest BCUT2D eigenvalue weighted by molar-refractivity contribution is 0.350. The van der Waals surface area contributed by atoms with Crippen molar-refractivity contribution >= 4 is 21.6 Å². The number of hydrogen-bond donors (Lipinski definition) is 2. The average molecular weight is 328 g/mol. The van der Waals surface area contributed by atoms with Crippen LogP contribution in [0.3, 0.4) is 0 Å². The molecule has 2 rings (SSSR count). The molecule has 6 heteroatoms. The van der Waals surface area contributed by atoms with Crippen molar-refractivity contribution in [1.29, 1.82) is 0 Å². The predicted molar refractivity (Wildman–Crippen MR) is 82.5 cm³/mol. The lowest BCUT2D eigenvalue weighted by Gasteiger charge is -2.14. The van der Waals surface area contributed by atoms with Gasteiger partial charge >= 0.3 is 0 Å². The maximum atomic E-state index is 12.4. The van der Waals surface area contributed by atoms with Crippen LogP contribution in [-0.4, -0.2) is 26.2 Å². The summed E-state index contributed by atoms with van der Waals surface area (Å²) in [4.78, 5) is 0.0678. The summed E-state index contributed by atoms with van der Waals surface area (Å²) in [6.07, 6.45) is 2.76. The van der Waals surface area contributed by atoms with Crippen molar-refractivity contribution in [2.75, 3.05) is 6.61 Å². The van der Waals surface area contributed by atoms with E-state index in [1.54, 1.807) is 6.07 Å². The SMILES string of the molecule is CC1CCC(NS(=O)(=O)c2ccc(C#CCO)cc2Cl)C1. The van der Waals surface area contributed by atoms with Crippen LogP contribution in [0.2, 0.25) is 5.02 Å². The predicted octanol–water partition coefficient (Wildman–Crippen LogP) is 2.15. The molecule has 0 aliphatic heterocycles. The summed E-state index contributed by atoms with van der Waals surface area (Å²) in [6, 6.07) is 4.51. The van der Waals surface area contributed by atoms with Crippen LogP contribution in [0, 0.1) is 17.8 Å². The van der Waals surface area contributed by atoms with Crippen molar-refractivity contribution in [3.63, 3.8) is 0 Å². The third-order valence-corrected chi connectivity index (χ3v) is 5.55. The van der Waals surface area contributed by atoms with Gasteiger partial charge in [0.05, 0.1) is 5.02 Å². The summed E-state index contributed by atoms with van der Waals surface area (Å²) < 4.78 is 27.5. The highest BCUT2D eigenvalue weighted by Crippen LogP contribution is 2.28. The Morgan fingerprint density at radius 1 is 1.43 bits per heavy atom. The molecular weight excluding hydrogens is 310 g/mol. The van der Waals surface area contributed by atoms with Crippen molar-refractivity contribution in [2.45, 2.75) is 37.1 Å². The molecule has 0 bridgehead atoms. The minimum atomic E-state index is -3.61. The molecule has 4 nitrogen and oxygen atoms in total. The number of halogens is 1. The molecule has 0 aromatic heterocycles. The topological polar surface area (TPSA) is 66.4 Å². The van der Waals surface area contributed by atoms with Gasteiger partial charge in [-0.3, -0.25) is 0 Å². The number of aliphatic hydroxyl groups excluding tert-OH is 1. The van der Waals surface area contributed by atoms with E-state index in [-0.39, 0.29) is 22.6 Å². The second-order valence-electron chi connectivity index (χ2n) is 5.34. The van der Waals surface area contributed by atoms with Crippen molar-refractivity contribution in [3.05, 3.63) is 28.8 Å². The molecule has 2 atom stereocenters. The van der Waals surface area contributed by atoms with Gasteiger partial charge in [0.1, 0.15) is 11.5 Å². The summed E-state index contributed by atoms with van der Waals surface area (Å²) >= 11 is 6.06. The zero-order valence-electron chi connectivity index (χ0n) is 11.8. The summed E-state index contributed by atoms with van der Waals surface area (Å²) in [6.45, 7) is 1.87. The molecule has 1 aromatic rings. The third kappa shape index (κ3) is 4.21. The molecule has 1 aliphatic rings. The van der Waals surface area contributed by atoms with Crippen LogP contribution in [0.4, 0.5) is 0 Å². The van der Waals surface area contributed by atoms with Crippen LogP contribution in [-0.2, 0) is 10.0 Å². The quantitative estimate of drug-likeness (QED) is 0.836. The Hall–Kier alpha value is -1.06. The van der Waals surface area contributed by atoms with E-state index >= 15 is 0 Å². The average Bonchev–Trinajstić information content (AvgIpc) is 2.80. The molecule has 1 aliphatic carbocycles. The Labute approximate surface area is 130 Å². The second kappa shape index (κ2) is 6.80. The Balaban J connectivity index is 2.20. The van der Waals surface area contributed by atoms with Crippen LogP contribution in [0.15, 0.2) is 23.1 Å². The lowest BCUT2D eigenvalue weighted by atomic mass is 10.1. The van der Waals surface area contributed by atoms with Crippen LogP contribution in [0.25, 0.3) is 0 Å². The fourth-order valence-electron chi connectivity index (χ4n) is 2.54. The number of benzene rings is 1. The smallest absolute Gasteiger partial charge is 0.242 e. The summed E-state index contributed by atoms with van der Waals surface area (Å²) in [5, 5.41) is 8.79. The van der Waals surface area contributed by atoms with Crippen molar-refractivity contribution in [2.24, 2.45) is 5.92 Å². The van der Waals surface area contributed by atoms with Gasteiger partial charge in [-0.05, 0) is 43.4 Å². The maximum absolute atomic E-state index is 12.4. The highest BCUT2D eigenvalue weighted by atomic mass is 35.5. The number of sulfonamides is 1. The molecule has 0 heterocycles. The molecule has 1 saturated carbocycles. The second-order valence-corrected chi connectivity index (χ2v) is 7.43. The number of nitrogens with one attached hydrogen (secondary N) is 1. The normalized spacial score (nSPS) is 21.9. The van der Waals surface area contributed by atoms with E-state index in [9.17, 15) is 8.42 Å². The number of hydrogen-bond acceptors (Lipinski definition) is 3. The van der Waals surface area contributed by atoms with Crippen molar-refractivity contribution in [1.82, 2.24) is 4.72 Å². The molecule has 1 fully saturated rings. The fourth-order valence-corrected chi connectivity index (χ4v) is 4.36. The molecule has 0 saturated heterocycles. The maximum Gasteiger partial charge on any atom is 0.242 e. The van der Waals surface area contributed by atoms with Gasteiger partial charge in [0.25, 0.3) is 0 Å². The molecule has 0 amide bonds. The van der Waals surface area contributed by atoms with Gasteiger partial charge in [-0.2, -0.15) is 0 Å². The molecule has 2 unspecified atom stereocenters. The Morgan fingerprint density at radius 3 is 2.76 bits per heavy atom. The van der Waals surface area contributed by atoms with E-state index in [2.05, 4.69) is 23.5 Å². The van der Waals surface area contributed by atoms with Gasteiger partial charge in [0.2, 0.25) is 10.0 Å². The van der Waals surface area contributed by atoms with E-state index < -0.39 is 10.0 Å². The van der Waals surface area contributed by atoms with Gasteiger partial charge in [-0.25, -0.2) is 13.1 Å². The largest absolute Gasteiger partial charge is 0.384 e. The molecular formula is C15H18ClNO3S. The Kier molecular flexibility index (Phi) is 5.28. The minimum Gasteiger partial charge on any atom is -0.384 e. The van der Waals surface area contributed by atoms with E-state index in [0.717, 1.165) is 19.3 Å². The van der Waals surface area contributed by atoms with E-state index in [1.807, 2.05) is 0 Å². The van der Waals surface area contributed by atoms with Gasteiger partial charge in [-0.15, -0.1) is 0 Å². The third-order valence-electron chi connectivity index (χ3n) is 3.55. The van der Waals surface area contributed by atoms with Crippen molar-refractivity contribution in [3.8, 4) is 11.8 Å². The van der Waals surface area contributed by atoms with E-state index in [1.165, 1.54) is 12.1 Å². The molecule has 114 valence electrons. The van der Waals surface area contributed by atoms with Gasteiger partial charge in [0.15, 0.2) is 0 Å². The van der Waals surface area contributed by atoms with Gasteiger partial charge in [-0.1, -0.05) is 30.4 Å². The first-order valence-corrected chi connectivity index (χ1v) is 8.70. The number of rotatable bonds is 3. The monoisotopic (exact) mass is 327 g/mol. The first-order valence-electron chi connectivity index (χ1n) is 6.84. The molecule has 1 aromatic carbocycles. The highest BCUT2D eigenvalue weighted by Gasteiger charge is 2.27. The van der Waals surface area contributed by atoms with Crippen LogP contribution >= 0.6 is 11.6 Å². The van der Waals surface area contributed by atoms with Crippen LogP contribution in [0.5, 0.6) is 0 Å². The van der Waals surface area contributed by atoms with Gasteiger partial charge < -0.3 is 5.11 Å². The molecule has 21 heavy (non-hydrogen) atoms. The Morgan fingerprint density at radius 2 is 2.19 bits per heavy atom. The zero-order valence-corrected chi connectivity index (χ0v) is 13.3. The molecule has 2 N–H and O–H groups in total. The summed E-state index contributed by atoms with van der Waals surface area (Å²) in [7, 11) is -3.61. The Bertz CT molecular complexity index is 676. The number of aliphatic hydroxyl groups is 1. The van der Waals surface area contributed by atoms with Crippen molar-refractivity contribution < 1.29 is 13.5 Å². The van der Waals surface area contributed by atoms with E-state index in [4.69, 9.17) is 16.7 Å². The highest BCUT2D eigenvalue weighted by molar-refractivity contribution is 7.89. The first kappa shape index (κ1) is 16.3. The summed E-state index contributed by atoms with van der Waals surface area (Å²) in [5.41, 5.74) is 0.572. The lowest BCUT2D eigenvalue weighted by Crippen LogP contribution is -2.33. The first-order chi connectivity index (χ1) is 9.92. The standard InChI is InChI=1S/C15H18ClNO3S/c1-11-4-6-13(9-11)17-21(19,20)15-7-5-12(3-2-8-18)10-14(15)16/h5,7,10-11,13,17-18H,4,6,8-9H2,1H3. The minimum absolute atomic E-state index is 0.0186. The molecule has 0 spiro atoms. The van der Waals surface area contributed by atoms with E-state index in [0.29, 0.717) is 11.5 Å².